The van der Waals surface area contributed by atoms with Gasteiger partial charge in [0.15, 0.2) is 0 Å². The van der Waals surface area contributed by atoms with E-state index in [1.54, 1.807) is 0 Å². The Hall–Kier alpha value is -1.63. The van der Waals surface area contributed by atoms with Gasteiger partial charge in [-0.05, 0) is 40.8 Å². The van der Waals surface area contributed by atoms with Crippen molar-refractivity contribution in [2.75, 3.05) is 0 Å². The smallest absolute Gasteiger partial charge is 0.139 e. The number of nitrogens with zero attached hydrogens (tertiary/aromatic N) is 4. The maximum absolute atomic E-state index is 4.48. The average molecular weight is 378 g/mol. The highest BCUT2D eigenvalue weighted by Crippen LogP contribution is 2.19. The summed E-state index contributed by atoms with van der Waals surface area (Å²) >= 11 is 2.31. The minimum Gasteiger partial charge on any atom is -0.331 e. The maximum Gasteiger partial charge on any atom is 0.139 e. The number of aromatic nitrogens is 4. The Bertz CT molecular complexity index is 697. The third kappa shape index (κ3) is 2.77. The van der Waals surface area contributed by atoms with Crippen molar-refractivity contribution in [2.24, 2.45) is 7.05 Å². The Morgan fingerprint density at radius 3 is 2.60 bits per heavy atom. The zero-order valence-electron chi connectivity index (χ0n) is 11.2. The lowest BCUT2D eigenvalue weighted by molar-refractivity contribution is 0.640. The topological polar surface area (TPSA) is 35.6 Å². The zero-order chi connectivity index (χ0) is 13.9. The Kier molecular flexibility index (Phi) is 3.86. The van der Waals surface area contributed by atoms with E-state index in [1.807, 2.05) is 30.3 Å². The molecule has 5 heteroatoms. The third-order valence-electron chi connectivity index (χ3n) is 3.35. The standard InChI is InChI=1S/C15H15IN4/c1-19-14(6-8-18-19)7-10-20-11-9-17-15(20)12-2-4-13(16)5-3-12/h2-6,8-9,11H,7,10H2,1H3. The second-order valence-electron chi connectivity index (χ2n) is 4.65. The average Bonchev–Trinajstić information content (AvgIpc) is 3.06. The van der Waals surface area contributed by atoms with Gasteiger partial charge < -0.3 is 4.57 Å². The van der Waals surface area contributed by atoms with Crippen molar-refractivity contribution >= 4 is 22.6 Å². The third-order valence-corrected chi connectivity index (χ3v) is 4.07. The number of benzene rings is 1. The summed E-state index contributed by atoms with van der Waals surface area (Å²) in [5, 5.41) is 4.20. The lowest BCUT2D eigenvalue weighted by atomic mass is 10.2. The van der Waals surface area contributed by atoms with Crippen molar-refractivity contribution in [1.82, 2.24) is 19.3 Å². The van der Waals surface area contributed by atoms with Gasteiger partial charge in [-0.2, -0.15) is 5.10 Å². The van der Waals surface area contributed by atoms with Crippen molar-refractivity contribution in [3.05, 3.63) is 58.2 Å². The first kappa shape index (κ1) is 13.4. The minimum absolute atomic E-state index is 0.904. The normalized spacial score (nSPS) is 10.9. The molecule has 1 aromatic carbocycles. The number of imidazole rings is 1. The fourth-order valence-electron chi connectivity index (χ4n) is 2.23. The Morgan fingerprint density at radius 1 is 1.10 bits per heavy atom. The van der Waals surface area contributed by atoms with Gasteiger partial charge in [-0.25, -0.2) is 4.98 Å². The SMILES string of the molecule is Cn1nccc1CCn1ccnc1-c1ccc(I)cc1. The first-order valence-electron chi connectivity index (χ1n) is 6.48. The van der Waals surface area contributed by atoms with Gasteiger partial charge in [-0.15, -0.1) is 0 Å². The van der Waals surface area contributed by atoms with Gasteiger partial charge in [0.1, 0.15) is 5.82 Å². The molecule has 0 aliphatic heterocycles. The minimum atomic E-state index is 0.904. The van der Waals surface area contributed by atoms with Crippen molar-refractivity contribution in [2.45, 2.75) is 13.0 Å². The summed E-state index contributed by atoms with van der Waals surface area (Å²) in [6, 6.07) is 10.5. The molecule has 0 amide bonds. The summed E-state index contributed by atoms with van der Waals surface area (Å²) in [4.78, 5) is 4.48. The van der Waals surface area contributed by atoms with Gasteiger partial charge >= 0.3 is 0 Å². The van der Waals surface area contributed by atoms with E-state index in [4.69, 9.17) is 0 Å². The lowest BCUT2D eigenvalue weighted by Gasteiger charge is -2.08. The van der Waals surface area contributed by atoms with E-state index >= 15 is 0 Å². The molecule has 102 valence electrons. The van der Waals surface area contributed by atoms with Gasteiger partial charge in [-0.1, -0.05) is 12.1 Å². The first-order chi connectivity index (χ1) is 9.74. The number of hydrogen-bond acceptors (Lipinski definition) is 2. The van der Waals surface area contributed by atoms with Gasteiger partial charge in [0.2, 0.25) is 0 Å². The van der Waals surface area contributed by atoms with Gasteiger partial charge in [0, 0.05) is 53.4 Å². The van der Waals surface area contributed by atoms with Gasteiger partial charge in [-0.3, -0.25) is 4.68 Å². The molecule has 0 saturated heterocycles. The maximum atomic E-state index is 4.48. The summed E-state index contributed by atoms with van der Waals surface area (Å²) in [6.45, 7) is 0.904. The summed E-state index contributed by atoms with van der Waals surface area (Å²) in [5.41, 5.74) is 2.38. The molecule has 0 aliphatic rings. The van der Waals surface area contributed by atoms with Crippen LogP contribution in [0, 0.1) is 3.57 Å². The molecule has 0 spiro atoms. The molecule has 2 aromatic heterocycles. The molecular formula is C15H15IN4. The first-order valence-corrected chi connectivity index (χ1v) is 7.56. The quantitative estimate of drug-likeness (QED) is 0.654. The molecule has 4 nitrogen and oxygen atoms in total. The van der Waals surface area contributed by atoms with Crippen LogP contribution in [0.1, 0.15) is 5.69 Å². The summed E-state index contributed by atoms with van der Waals surface area (Å²) in [5.74, 6) is 1.02. The number of hydrogen-bond donors (Lipinski definition) is 0. The van der Waals surface area contributed by atoms with Crippen molar-refractivity contribution < 1.29 is 0 Å². The van der Waals surface area contributed by atoms with Crippen LogP contribution in [0.3, 0.4) is 0 Å². The fourth-order valence-corrected chi connectivity index (χ4v) is 2.59. The van der Waals surface area contributed by atoms with E-state index in [2.05, 4.69) is 67.6 Å². The molecule has 0 N–H and O–H groups in total. The highest BCUT2D eigenvalue weighted by Gasteiger charge is 2.07. The van der Waals surface area contributed by atoms with Crippen LogP contribution in [0.2, 0.25) is 0 Å². The number of halogens is 1. The summed E-state index contributed by atoms with van der Waals surface area (Å²) in [6.07, 6.45) is 6.67. The Labute approximate surface area is 131 Å². The molecule has 20 heavy (non-hydrogen) atoms. The van der Waals surface area contributed by atoms with Crippen LogP contribution in [0.15, 0.2) is 48.9 Å². The lowest BCUT2D eigenvalue weighted by Crippen LogP contribution is -2.06. The summed E-state index contributed by atoms with van der Waals surface area (Å²) < 4.78 is 5.34. The molecular weight excluding hydrogens is 363 g/mol. The predicted octanol–water partition coefficient (Wildman–Crippen LogP) is 3.13. The molecule has 3 aromatic rings. The second kappa shape index (κ2) is 5.78. The second-order valence-corrected chi connectivity index (χ2v) is 5.89. The predicted molar refractivity (Wildman–Crippen MR) is 87.3 cm³/mol. The molecule has 2 heterocycles. The van der Waals surface area contributed by atoms with Crippen molar-refractivity contribution in [3.8, 4) is 11.4 Å². The fraction of sp³-hybridized carbons (Fsp3) is 0.200. The largest absolute Gasteiger partial charge is 0.331 e. The van der Waals surface area contributed by atoms with Gasteiger partial charge in [0.25, 0.3) is 0 Å². The molecule has 0 radical (unpaired) electrons. The van der Waals surface area contributed by atoms with Crippen LogP contribution in [0.5, 0.6) is 0 Å². The number of aryl methyl sites for hydroxylation is 3. The Balaban J connectivity index is 1.80. The molecule has 0 saturated carbocycles. The molecule has 0 aliphatic carbocycles. The van der Waals surface area contributed by atoms with Crippen molar-refractivity contribution in [3.63, 3.8) is 0 Å². The molecule has 0 fully saturated rings. The molecule has 3 rings (SSSR count). The molecule has 0 unspecified atom stereocenters. The zero-order valence-corrected chi connectivity index (χ0v) is 13.4. The van der Waals surface area contributed by atoms with Crippen LogP contribution in [-0.2, 0) is 20.0 Å². The van der Waals surface area contributed by atoms with Gasteiger partial charge in [0.05, 0.1) is 0 Å². The Morgan fingerprint density at radius 2 is 1.90 bits per heavy atom. The van der Waals surface area contributed by atoms with Crippen LogP contribution in [0.4, 0.5) is 0 Å². The molecule has 0 bridgehead atoms. The van der Waals surface area contributed by atoms with E-state index < -0.39 is 0 Å². The van der Waals surface area contributed by atoms with E-state index in [9.17, 15) is 0 Å². The van der Waals surface area contributed by atoms with Crippen LogP contribution >= 0.6 is 22.6 Å². The van der Waals surface area contributed by atoms with Crippen molar-refractivity contribution in [1.29, 1.82) is 0 Å². The summed E-state index contributed by atoms with van der Waals surface area (Å²) in [7, 11) is 1.98. The highest BCUT2D eigenvalue weighted by molar-refractivity contribution is 14.1. The molecule has 0 atom stereocenters. The van der Waals surface area contributed by atoms with Crippen LogP contribution in [0.25, 0.3) is 11.4 Å². The number of rotatable bonds is 4. The van der Waals surface area contributed by atoms with E-state index in [1.165, 1.54) is 9.26 Å². The van der Waals surface area contributed by atoms with E-state index in [0.29, 0.717) is 0 Å². The van der Waals surface area contributed by atoms with Crippen LogP contribution in [-0.4, -0.2) is 19.3 Å². The van der Waals surface area contributed by atoms with E-state index in [-0.39, 0.29) is 0 Å². The highest BCUT2D eigenvalue weighted by atomic mass is 127. The van der Waals surface area contributed by atoms with E-state index in [0.717, 1.165) is 24.4 Å². The van der Waals surface area contributed by atoms with Crippen LogP contribution < -0.4 is 0 Å². The monoisotopic (exact) mass is 378 g/mol.